The first kappa shape index (κ1) is 41.2. The predicted molar refractivity (Wildman–Crippen MR) is 161 cm³/mol. The van der Waals surface area contributed by atoms with Gasteiger partial charge in [-0.05, 0) is 44.9 Å². The van der Waals surface area contributed by atoms with E-state index in [9.17, 15) is 43.8 Å². The number of aliphatic hydroxyl groups is 1. The summed E-state index contributed by atoms with van der Waals surface area (Å²) >= 11 is 0. The Bertz CT molecular complexity index is 1040. The summed E-state index contributed by atoms with van der Waals surface area (Å²) in [6.07, 6.45) is 0.152. The van der Waals surface area contributed by atoms with Crippen LogP contribution in [0.4, 0.5) is 0 Å². The van der Waals surface area contributed by atoms with E-state index < -0.39 is 89.7 Å². The number of nitrogens with one attached hydrogen (secondary N) is 5. The van der Waals surface area contributed by atoms with Gasteiger partial charge in [0, 0.05) is 12.8 Å². The Morgan fingerprint density at radius 2 is 1.13 bits per heavy atom. The number of primary amides is 1. The molecule has 17 heteroatoms. The van der Waals surface area contributed by atoms with Crippen LogP contribution in [0.15, 0.2) is 0 Å². The maximum atomic E-state index is 13.1. The molecule has 0 aliphatic rings. The Morgan fingerprint density at radius 1 is 0.667 bits per heavy atom. The fourth-order valence-corrected chi connectivity index (χ4v) is 4.14. The molecule has 0 aliphatic carbocycles. The van der Waals surface area contributed by atoms with Gasteiger partial charge < -0.3 is 54.0 Å². The van der Waals surface area contributed by atoms with Crippen LogP contribution in [0.3, 0.4) is 0 Å². The molecule has 0 rings (SSSR count). The van der Waals surface area contributed by atoms with Gasteiger partial charge in [0.2, 0.25) is 29.5 Å². The van der Waals surface area contributed by atoms with Gasteiger partial charge >= 0.3 is 5.97 Å². The van der Waals surface area contributed by atoms with Gasteiger partial charge in [-0.1, -0.05) is 27.7 Å². The fourth-order valence-electron chi connectivity index (χ4n) is 4.14. The van der Waals surface area contributed by atoms with E-state index in [1.165, 1.54) is 13.8 Å². The van der Waals surface area contributed by atoms with Crippen LogP contribution in [-0.4, -0.2) is 101 Å². The summed E-state index contributed by atoms with van der Waals surface area (Å²) in [6, 6.07) is -7.00. The van der Waals surface area contributed by atoms with E-state index in [0.717, 1.165) is 19.4 Å². The number of carboxylic acids is 1. The van der Waals surface area contributed by atoms with Crippen LogP contribution >= 0.6 is 0 Å². The number of aliphatic carboxylic acids is 1. The quantitative estimate of drug-likeness (QED) is 0.0537. The van der Waals surface area contributed by atoms with Crippen molar-refractivity contribution in [3.63, 3.8) is 0 Å². The highest BCUT2D eigenvalue weighted by molar-refractivity contribution is 5.96. The largest absolute Gasteiger partial charge is 0.480 e. The van der Waals surface area contributed by atoms with E-state index in [1.54, 1.807) is 27.7 Å². The van der Waals surface area contributed by atoms with Crippen molar-refractivity contribution in [2.75, 3.05) is 6.54 Å². The highest BCUT2D eigenvalue weighted by atomic mass is 16.4. The molecule has 45 heavy (non-hydrogen) atoms. The van der Waals surface area contributed by atoms with Crippen LogP contribution in [-0.2, 0) is 33.6 Å². The normalized spacial score (nSPS) is 15.9. The molecule has 0 fully saturated rings. The minimum Gasteiger partial charge on any atom is -0.480 e. The highest BCUT2D eigenvalue weighted by Crippen LogP contribution is 2.08. The van der Waals surface area contributed by atoms with E-state index in [2.05, 4.69) is 38.1 Å². The number of unbranched alkanes of at least 4 members (excludes halogenated alkanes) is 1. The molecular weight excluding hydrogens is 592 g/mol. The zero-order valence-corrected chi connectivity index (χ0v) is 27.2. The molecule has 258 valence electrons. The number of carbonyl (C=O) groups is 7. The second-order valence-corrected chi connectivity index (χ2v) is 11.9. The second-order valence-electron chi connectivity index (χ2n) is 11.9. The van der Waals surface area contributed by atoms with Crippen molar-refractivity contribution in [2.24, 2.45) is 17.6 Å². The molecule has 0 aromatic rings. The third kappa shape index (κ3) is 15.1. The van der Waals surface area contributed by atoms with E-state index in [1.807, 2.05) is 0 Å². The Morgan fingerprint density at radius 3 is 1.58 bits per heavy atom. The molecule has 0 heterocycles. The molecule has 0 bridgehead atoms. The Hall–Kier alpha value is -3.83. The number of rotatable bonds is 21. The van der Waals surface area contributed by atoms with Crippen LogP contribution in [0.2, 0.25) is 0 Å². The summed E-state index contributed by atoms with van der Waals surface area (Å²) in [6.45, 7) is 9.95. The molecule has 0 unspecified atom stereocenters. The summed E-state index contributed by atoms with van der Waals surface area (Å²) in [7, 11) is 0. The predicted octanol–water partition coefficient (Wildman–Crippen LogP) is -4.50. The van der Waals surface area contributed by atoms with Crippen molar-refractivity contribution < 1.29 is 55.2 Å². The molecule has 7 atom stereocenters. The van der Waals surface area contributed by atoms with Crippen LogP contribution in [0.5, 0.6) is 0 Å². The van der Waals surface area contributed by atoms with Crippen LogP contribution in [0, 0.1) is 11.8 Å². The van der Waals surface area contributed by atoms with Crippen molar-refractivity contribution in [3.05, 3.63) is 0 Å². The minimum atomic E-state index is -1.55. The van der Waals surface area contributed by atoms with Crippen molar-refractivity contribution in [2.45, 2.75) is 116 Å². The molecule has 0 aromatic heterocycles. The van der Waals surface area contributed by atoms with Crippen molar-refractivity contribution in [1.29, 1.82) is 0 Å². The summed E-state index contributed by atoms with van der Waals surface area (Å²) in [4.78, 5) is 87.2. The second kappa shape index (κ2) is 20.2. The molecule has 0 aliphatic heterocycles. The summed E-state index contributed by atoms with van der Waals surface area (Å²) in [5, 5.41) is 31.9. The Balaban J connectivity index is 5.50. The van der Waals surface area contributed by atoms with Gasteiger partial charge in [0.05, 0.1) is 12.6 Å². The average molecular weight is 647 g/mol. The number of carboxylic acid groups (broad SMARTS) is 1. The third-order valence-corrected chi connectivity index (χ3v) is 7.03. The molecule has 15 N–H and O–H groups in total. The number of carbonyl (C=O) groups excluding carboxylic acids is 6. The lowest BCUT2D eigenvalue weighted by atomic mass is 10.0. The Labute approximate surface area is 263 Å². The first-order valence-corrected chi connectivity index (χ1v) is 15.2. The van der Waals surface area contributed by atoms with E-state index in [-0.39, 0.29) is 18.8 Å². The van der Waals surface area contributed by atoms with Crippen molar-refractivity contribution in [3.8, 4) is 0 Å². The number of hydrogen-bond donors (Lipinski definition) is 10. The van der Waals surface area contributed by atoms with E-state index in [4.69, 9.17) is 5.73 Å². The maximum Gasteiger partial charge on any atom is 0.326 e. The van der Waals surface area contributed by atoms with Crippen LogP contribution in [0.1, 0.15) is 73.6 Å². The number of nitrogens with two attached hydrogens (primary N) is 1. The lowest BCUT2D eigenvalue weighted by molar-refractivity contribution is -0.406. The highest BCUT2D eigenvalue weighted by Gasteiger charge is 2.35. The van der Waals surface area contributed by atoms with Gasteiger partial charge in [-0.25, -0.2) is 4.79 Å². The van der Waals surface area contributed by atoms with Crippen molar-refractivity contribution >= 4 is 41.4 Å². The SMILES string of the molecule is CC(C)[C@H](NC(=O)[C@@H](NC(=O)[C@H](C)NC(=O)[C@@H](NC(=O)[C@@H]([NH3+])CCCC[NH3+])C(C)C)[C@@H](C)O)C(=O)N[C@@H](CCC(N)=O)C(=O)O. The zero-order valence-electron chi connectivity index (χ0n) is 27.2. The number of amides is 6. The topological polar surface area (TPSA) is 301 Å². The number of hydrogen-bond acceptors (Lipinski definition) is 8. The van der Waals surface area contributed by atoms with E-state index >= 15 is 0 Å². The number of quaternary nitrogens is 2. The molecule has 6 amide bonds. The van der Waals surface area contributed by atoms with Crippen LogP contribution < -0.4 is 43.8 Å². The van der Waals surface area contributed by atoms with Gasteiger partial charge in [0.15, 0.2) is 6.04 Å². The number of aliphatic hydroxyl groups excluding tert-OH is 1. The van der Waals surface area contributed by atoms with Gasteiger partial charge in [-0.2, -0.15) is 0 Å². The summed E-state index contributed by atoms with van der Waals surface area (Å²) in [5.41, 5.74) is 12.7. The average Bonchev–Trinajstić information content (AvgIpc) is 2.93. The summed E-state index contributed by atoms with van der Waals surface area (Å²) in [5.74, 6) is -6.70. The molecule has 0 saturated heterocycles. The lowest BCUT2D eigenvalue weighted by Gasteiger charge is -2.28. The smallest absolute Gasteiger partial charge is 0.326 e. The molecular formula is C28H54N8O9+2. The van der Waals surface area contributed by atoms with E-state index in [0.29, 0.717) is 6.42 Å². The van der Waals surface area contributed by atoms with Gasteiger partial charge in [-0.3, -0.25) is 28.8 Å². The zero-order chi connectivity index (χ0) is 35.0. The molecule has 0 radical (unpaired) electrons. The molecule has 0 spiro atoms. The summed E-state index contributed by atoms with van der Waals surface area (Å²) < 4.78 is 0. The standard InChI is InChI=1S/C28H52N8O9/c1-13(2)20(34-24(40)17(30)9-7-8-12-29)25(41)32-15(5)23(39)36-22(16(6)37)27(43)35-21(14(3)4)26(42)33-18(28(44)45)10-11-19(31)38/h13-18,20-22,37H,7-12,29-30H2,1-6H3,(H2,31,38)(H,32,41)(H,33,42)(H,34,40)(H,35,43)(H,36,39)(H,44,45)/p+2/t15-,16+,17-,18-,20-,21-,22-/m0/s1. The maximum absolute atomic E-state index is 13.1. The molecule has 0 saturated carbocycles. The minimum absolute atomic E-state index is 0.265. The van der Waals surface area contributed by atoms with Crippen LogP contribution in [0.25, 0.3) is 0 Å². The van der Waals surface area contributed by atoms with Gasteiger partial charge in [0.1, 0.15) is 30.2 Å². The van der Waals surface area contributed by atoms with Gasteiger partial charge in [0.25, 0.3) is 5.91 Å². The lowest BCUT2D eigenvalue weighted by Crippen LogP contribution is -2.69. The monoisotopic (exact) mass is 646 g/mol. The fraction of sp³-hybridized carbons (Fsp3) is 0.750. The van der Waals surface area contributed by atoms with Crippen molar-refractivity contribution in [1.82, 2.24) is 26.6 Å². The van der Waals surface area contributed by atoms with Gasteiger partial charge in [-0.15, -0.1) is 0 Å². The third-order valence-electron chi connectivity index (χ3n) is 7.03. The first-order valence-electron chi connectivity index (χ1n) is 15.2. The molecule has 17 nitrogen and oxygen atoms in total. The molecule has 0 aromatic carbocycles. The first-order chi connectivity index (χ1) is 20.8. The Kier molecular flexibility index (Phi) is 18.5.